The van der Waals surface area contributed by atoms with E-state index in [9.17, 15) is 14.4 Å². The summed E-state index contributed by atoms with van der Waals surface area (Å²) in [6.07, 6.45) is 1.60. The minimum Gasteiger partial charge on any atom is -0.341 e. The molecule has 0 fully saturated rings. The number of hydrogen-bond acceptors (Lipinski definition) is 5. The topological polar surface area (TPSA) is 104 Å². The van der Waals surface area contributed by atoms with Crippen LogP contribution >= 0.6 is 11.8 Å². The van der Waals surface area contributed by atoms with Crippen molar-refractivity contribution in [1.82, 2.24) is 20.6 Å². The molecule has 1 heterocycles. The number of H-pyrrole nitrogens is 1. The highest BCUT2D eigenvalue weighted by Gasteiger charge is 2.08. The Labute approximate surface area is 114 Å². The Hall–Kier alpha value is -1.83. The number of thioether (sulfide) groups is 1. The first-order valence-corrected chi connectivity index (χ1v) is 6.78. The lowest BCUT2D eigenvalue weighted by Gasteiger charge is -2.04. The van der Waals surface area contributed by atoms with Crippen molar-refractivity contribution in [3.63, 3.8) is 0 Å². The first-order chi connectivity index (χ1) is 9.05. The Kier molecular flexibility index (Phi) is 6.07. The zero-order valence-corrected chi connectivity index (χ0v) is 11.6. The molecule has 1 aromatic rings. The second-order valence-corrected chi connectivity index (χ2v) is 4.67. The molecule has 3 amide bonds. The molecule has 1 rings (SSSR count). The molecule has 0 atom stereocenters. The number of aromatic nitrogens is 2. The highest BCUT2D eigenvalue weighted by Crippen LogP contribution is 2.11. The van der Waals surface area contributed by atoms with Crippen molar-refractivity contribution in [2.75, 3.05) is 12.8 Å². The monoisotopic (exact) mass is 284 g/mol. The van der Waals surface area contributed by atoms with Crippen LogP contribution < -0.4 is 16.2 Å². The van der Waals surface area contributed by atoms with Gasteiger partial charge in [-0.25, -0.2) is 9.78 Å². The summed E-state index contributed by atoms with van der Waals surface area (Å²) >= 11 is 1.08. The van der Waals surface area contributed by atoms with Gasteiger partial charge in [-0.05, 0) is 6.42 Å². The fraction of sp³-hybridized carbons (Fsp3) is 0.455. The van der Waals surface area contributed by atoms with Crippen LogP contribution in [0.1, 0.15) is 19.0 Å². The number of rotatable bonds is 5. The maximum Gasteiger partial charge on any atom is 0.321 e. The van der Waals surface area contributed by atoms with Gasteiger partial charge in [0.25, 0.3) is 5.56 Å². The van der Waals surface area contributed by atoms with E-state index in [-0.39, 0.29) is 11.3 Å². The Morgan fingerprint density at radius 3 is 2.84 bits per heavy atom. The van der Waals surface area contributed by atoms with Crippen LogP contribution in [0.15, 0.2) is 16.0 Å². The zero-order valence-electron chi connectivity index (χ0n) is 10.8. The maximum absolute atomic E-state index is 11.4. The molecule has 0 bridgehead atoms. The summed E-state index contributed by atoms with van der Waals surface area (Å²) in [5.41, 5.74) is 0.452. The van der Waals surface area contributed by atoms with E-state index in [0.29, 0.717) is 17.3 Å². The van der Waals surface area contributed by atoms with Gasteiger partial charge in [0.2, 0.25) is 5.91 Å². The van der Waals surface area contributed by atoms with Gasteiger partial charge in [-0.1, -0.05) is 25.1 Å². The van der Waals surface area contributed by atoms with Crippen LogP contribution in [0, 0.1) is 0 Å². The van der Waals surface area contributed by atoms with E-state index < -0.39 is 11.9 Å². The van der Waals surface area contributed by atoms with Gasteiger partial charge in [-0.15, -0.1) is 0 Å². The van der Waals surface area contributed by atoms with Gasteiger partial charge in [0.15, 0.2) is 5.16 Å². The third-order valence-electron chi connectivity index (χ3n) is 2.10. The highest BCUT2D eigenvalue weighted by atomic mass is 32.2. The minimum absolute atomic E-state index is 0.00589. The number of urea groups is 1. The number of carbonyl (C=O) groups is 2. The molecule has 0 aliphatic carbocycles. The predicted molar refractivity (Wildman–Crippen MR) is 72.2 cm³/mol. The van der Waals surface area contributed by atoms with Gasteiger partial charge < -0.3 is 10.3 Å². The van der Waals surface area contributed by atoms with E-state index in [0.717, 1.165) is 18.2 Å². The predicted octanol–water partition coefficient (Wildman–Crippen LogP) is 0.270. The molecule has 0 aliphatic rings. The second-order valence-electron chi connectivity index (χ2n) is 3.71. The zero-order chi connectivity index (χ0) is 14.3. The van der Waals surface area contributed by atoms with E-state index >= 15 is 0 Å². The molecule has 0 aromatic carbocycles. The average Bonchev–Trinajstić information content (AvgIpc) is 2.36. The lowest BCUT2D eigenvalue weighted by Crippen LogP contribution is -2.38. The molecular weight excluding hydrogens is 268 g/mol. The van der Waals surface area contributed by atoms with Crippen LogP contribution in [0.2, 0.25) is 0 Å². The number of aromatic amines is 1. The average molecular weight is 284 g/mol. The van der Waals surface area contributed by atoms with E-state index in [1.165, 1.54) is 13.1 Å². The third kappa shape index (κ3) is 5.56. The van der Waals surface area contributed by atoms with Gasteiger partial charge in [-0.3, -0.25) is 14.9 Å². The molecule has 0 saturated heterocycles. The van der Waals surface area contributed by atoms with Crippen LogP contribution in [-0.2, 0) is 11.2 Å². The molecule has 8 heteroatoms. The molecule has 0 unspecified atom stereocenters. The van der Waals surface area contributed by atoms with E-state index in [4.69, 9.17) is 0 Å². The number of nitrogens with one attached hydrogen (secondary N) is 3. The molecule has 19 heavy (non-hydrogen) atoms. The summed E-state index contributed by atoms with van der Waals surface area (Å²) in [5.74, 6) is -0.445. The second kappa shape index (κ2) is 7.57. The van der Waals surface area contributed by atoms with Gasteiger partial charge in [-0.2, -0.15) is 0 Å². The molecule has 104 valence electrons. The first kappa shape index (κ1) is 15.2. The van der Waals surface area contributed by atoms with Crippen LogP contribution in [0.3, 0.4) is 0 Å². The Balaban J connectivity index is 2.60. The summed E-state index contributed by atoms with van der Waals surface area (Å²) in [4.78, 5) is 40.4. The summed E-state index contributed by atoms with van der Waals surface area (Å²) in [6.45, 7) is 1.99. The number of nitrogens with zero attached hydrogens (tertiary/aromatic N) is 1. The van der Waals surface area contributed by atoms with Gasteiger partial charge in [0.1, 0.15) is 0 Å². The van der Waals surface area contributed by atoms with Crippen molar-refractivity contribution in [2.45, 2.75) is 24.9 Å². The molecule has 1 aromatic heterocycles. The summed E-state index contributed by atoms with van der Waals surface area (Å²) in [6, 6.07) is 0.879. The number of amides is 3. The molecular formula is C11H16N4O3S. The molecule has 7 nitrogen and oxygen atoms in total. The quantitative estimate of drug-likeness (QED) is 0.532. The van der Waals surface area contributed by atoms with E-state index in [2.05, 4.69) is 20.6 Å². The molecule has 0 saturated carbocycles. The molecule has 0 spiro atoms. The van der Waals surface area contributed by atoms with Crippen LogP contribution in [0.5, 0.6) is 0 Å². The SMILES string of the molecule is CCCc1cc(=O)[nH]c(SCC(=O)NC(=O)NC)n1. The van der Waals surface area contributed by atoms with Crippen molar-refractivity contribution in [3.05, 3.63) is 22.1 Å². The minimum atomic E-state index is -0.563. The van der Waals surface area contributed by atoms with Crippen molar-refractivity contribution >= 4 is 23.7 Å². The van der Waals surface area contributed by atoms with Crippen molar-refractivity contribution in [2.24, 2.45) is 0 Å². The number of carbonyl (C=O) groups excluding carboxylic acids is 2. The summed E-state index contributed by atoms with van der Waals surface area (Å²) in [7, 11) is 1.42. The Morgan fingerprint density at radius 2 is 2.21 bits per heavy atom. The highest BCUT2D eigenvalue weighted by molar-refractivity contribution is 7.99. The third-order valence-corrected chi connectivity index (χ3v) is 2.97. The lowest BCUT2D eigenvalue weighted by molar-refractivity contribution is -0.117. The van der Waals surface area contributed by atoms with Crippen molar-refractivity contribution in [3.8, 4) is 0 Å². The standard InChI is InChI=1S/C11H16N4O3S/c1-3-4-7-5-8(16)15-11(13-7)19-6-9(17)14-10(18)12-2/h5H,3-4,6H2,1-2H3,(H,13,15,16)(H2,12,14,17,18). The largest absolute Gasteiger partial charge is 0.341 e. The Bertz CT molecular complexity index is 515. The smallest absolute Gasteiger partial charge is 0.321 e. The summed E-state index contributed by atoms with van der Waals surface area (Å²) < 4.78 is 0. The van der Waals surface area contributed by atoms with Crippen LogP contribution in [0.4, 0.5) is 4.79 Å². The normalized spacial score (nSPS) is 10.0. The molecule has 0 aliphatic heterocycles. The lowest BCUT2D eigenvalue weighted by atomic mass is 10.2. The van der Waals surface area contributed by atoms with E-state index in [1.807, 2.05) is 6.92 Å². The van der Waals surface area contributed by atoms with Gasteiger partial charge >= 0.3 is 6.03 Å². The number of imide groups is 1. The maximum atomic E-state index is 11.4. The fourth-order valence-corrected chi connectivity index (χ4v) is 1.99. The van der Waals surface area contributed by atoms with Crippen molar-refractivity contribution < 1.29 is 9.59 Å². The van der Waals surface area contributed by atoms with Gasteiger partial charge in [0.05, 0.1) is 5.75 Å². The fourth-order valence-electron chi connectivity index (χ4n) is 1.30. The van der Waals surface area contributed by atoms with Gasteiger partial charge in [0, 0.05) is 18.8 Å². The molecule has 3 N–H and O–H groups in total. The summed E-state index contributed by atoms with van der Waals surface area (Å²) in [5, 5.41) is 4.78. The van der Waals surface area contributed by atoms with Crippen LogP contribution in [-0.4, -0.2) is 34.7 Å². The first-order valence-electron chi connectivity index (χ1n) is 5.79. The van der Waals surface area contributed by atoms with E-state index in [1.54, 1.807) is 0 Å². The van der Waals surface area contributed by atoms with Crippen LogP contribution in [0.25, 0.3) is 0 Å². The number of aryl methyl sites for hydroxylation is 1. The number of hydrogen-bond donors (Lipinski definition) is 3. The Morgan fingerprint density at radius 1 is 1.47 bits per heavy atom. The van der Waals surface area contributed by atoms with Crippen molar-refractivity contribution in [1.29, 1.82) is 0 Å². The molecule has 0 radical (unpaired) electrons.